The number of piperazine rings is 1. The molecule has 0 spiro atoms. The van der Waals surface area contributed by atoms with Crippen LogP contribution in [0.3, 0.4) is 0 Å². The van der Waals surface area contributed by atoms with Gasteiger partial charge in [0.25, 0.3) is 0 Å². The number of fused-ring (bicyclic) bond motifs is 1. The number of halogens is 1. The number of hydrogen-bond acceptors (Lipinski definition) is 5. The van der Waals surface area contributed by atoms with E-state index in [0.29, 0.717) is 5.52 Å². The zero-order valence-corrected chi connectivity index (χ0v) is 15.4. The van der Waals surface area contributed by atoms with Gasteiger partial charge in [-0.1, -0.05) is 30.3 Å². The molecule has 6 heteroatoms. The van der Waals surface area contributed by atoms with Crippen molar-refractivity contribution in [2.75, 3.05) is 44.7 Å². The van der Waals surface area contributed by atoms with Crippen molar-refractivity contribution < 1.29 is 9.13 Å². The summed E-state index contributed by atoms with van der Waals surface area (Å²) in [6.07, 6.45) is 1.58. The van der Waals surface area contributed by atoms with E-state index in [-0.39, 0.29) is 11.9 Å². The van der Waals surface area contributed by atoms with Crippen LogP contribution in [0.2, 0.25) is 0 Å². The maximum Gasteiger partial charge on any atom is 0.139 e. The third-order valence-corrected chi connectivity index (χ3v) is 5.13. The molecule has 2 aromatic carbocycles. The van der Waals surface area contributed by atoms with Crippen molar-refractivity contribution in [2.24, 2.45) is 0 Å². The minimum absolute atomic E-state index is 0.0700. The van der Waals surface area contributed by atoms with Gasteiger partial charge in [-0.3, -0.25) is 4.90 Å². The van der Waals surface area contributed by atoms with Gasteiger partial charge in [0.1, 0.15) is 18.0 Å². The molecule has 27 heavy (non-hydrogen) atoms. The lowest BCUT2D eigenvalue weighted by Crippen LogP contribution is -2.48. The van der Waals surface area contributed by atoms with Gasteiger partial charge >= 0.3 is 0 Å². The Balaban J connectivity index is 1.43. The lowest BCUT2D eigenvalue weighted by atomic mass is 10.1. The molecule has 2 heterocycles. The molecule has 1 unspecified atom stereocenters. The van der Waals surface area contributed by atoms with Crippen LogP contribution >= 0.6 is 0 Å². The first kappa shape index (κ1) is 17.8. The molecule has 0 N–H and O–H groups in total. The minimum Gasteiger partial charge on any atom is -0.375 e. The van der Waals surface area contributed by atoms with E-state index >= 15 is 0 Å². The topological polar surface area (TPSA) is 41.5 Å². The van der Waals surface area contributed by atoms with Gasteiger partial charge in [-0.05, 0) is 17.7 Å². The van der Waals surface area contributed by atoms with Crippen molar-refractivity contribution in [3.8, 4) is 0 Å². The molecule has 1 aliphatic heterocycles. The third kappa shape index (κ3) is 3.91. The molecule has 1 fully saturated rings. The highest BCUT2D eigenvalue weighted by Gasteiger charge is 2.22. The van der Waals surface area contributed by atoms with Gasteiger partial charge in [0.2, 0.25) is 0 Å². The first-order valence-electron chi connectivity index (χ1n) is 9.20. The standard InChI is InChI=1S/C21H23FN4O/c1-27-20(16-5-3-2-4-6-16)14-25-9-11-26(12-10-25)21-18-8-7-17(22)13-19(18)23-15-24-21/h2-8,13,15,20H,9-12,14H2,1H3. The highest BCUT2D eigenvalue weighted by atomic mass is 19.1. The first-order valence-corrected chi connectivity index (χ1v) is 9.20. The van der Waals surface area contributed by atoms with Crippen molar-refractivity contribution >= 4 is 16.7 Å². The molecule has 0 aliphatic carbocycles. The molecule has 0 saturated carbocycles. The van der Waals surface area contributed by atoms with Gasteiger partial charge < -0.3 is 9.64 Å². The molecule has 140 valence electrons. The Labute approximate surface area is 158 Å². The zero-order valence-electron chi connectivity index (χ0n) is 15.4. The number of rotatable bonds is 5. The molecule has 1 saturated heterocycles. The number of nitrogens with zero attached hydrogens (tertiary/aromatic N) is 4. The Kier molecular flexibility index (Phi) is 5.27. The van der Waals surface area contributed by atoms with E-state index in [1.54, 1.807) is 13.2 Å². The molecular weight excluding hydrogens is 343 g/mol. The average Bonchev–Trinajstić information content (AvgIpc) is 2.72. The van der Waals surface area contributed by atoms with E-state index in [4.69, 9.17) is 4.74 Å². The Morgan fingerprint density at radius 2 is 1.81 bits per heavy atom. The number of aromatic nitrogens is 2. The van der Waals surface area contributed by atoms with E-state index in [9.17, 15) is 4.39 Å². The Morgan fingerprint density at radius 3 is 2.56 bits per heavy atom. The monoisotopic (exact) mass is 366 g/mol. The molecule has 1 atom stereocenters. The summed E-state index contributed by atoms with van der Waals surface area (Å²) in [5.41, 5.74) is 1.84. The average molecular weight is 366 g/mol. The van der Waals surface area contributed by atoms with Gasteiger partial charge in [0.05, 0.1) is 11.6 Å². The Hall–Kier alpha value is -2.57. The minimum atomic E-state index is -0.275. The summed E-state index contributed by atoms with van der Waals surface area (Å²) in [6.45, 7) is 4.46. The predicted molar refractivity (Wildman–Crippen MR) is 104 cm³/mol. The number of hydrogen-bond donors (Lipinski definition) is 0. The molecule has 5 nitrogen and oxygen atoms in total. The van der Waals surface area contributed by atoms with E-state index in [1.165, 1.54) is 24.0 Å². The Morgan fingerprint density at radius 1 is 1.04 bits per heavy atom. The Bertz CT molecular complexity index is 897. The van der Waals surface area contributed by atoms with Crippen LogP contribution in [-0.2, 0) is 4.74 Å². The SMILES string of the molecule is COC(CN1CCN(c2ncnc3cc(F)ccc23)CC1)c1ccccc1. The van der Waals surface area contributed by atoms with Gasteiger partial charge in [-0.15, -0.1) is 0 Å². The quantitative estimate of drug-likeness (QED) is 0.693. The normalized spacial score (nSPS) is 16.6. The van der Waals surface area contributed by atoms with Crippen molar-refractivity contribution in [1.82, 2.24) is 14.9 Å². The number of anilines is 1. The second-order valence-electron chi connectivity index (χ2n) is 6.78. The maximum absolute atomic E-state index is 13.5. The van der Waals surface area contributed by atoms with E-state index in [0.717, 1.165) is 43.9 Å². The van der Waals surface area contributed by atoms with Crippen LogP contribution in [0.1, 0.15) is 11.7 Å². The molecule has 0 radical (unpaired) electrons. The number of ether oxygens (including phenoxy) is 1. The fourth-order valence-electron chi connectivity index (χ4n) is 3.63. The molecule has 1 aliphatic rings. The van der Waals surface area contributed by atoms with Crippen molar-refractivity contribution in [2.45, 2.75) is 6.10 Å². The summed E-state index contributed by atoms with van der Waals surface area (Å²) in [6, 6.07) is 15.0. The molecule has 4 rings (SSSR count). The number of methoxy groups -OCH3 is 1. The lowest BCUT2D eigenvalue weighted by molar-refractivity contribution is 0.0615. The predicted octanol–water partition coefficient (Wildman–Crippen LogP) is 3.28. The van der Waals surface area contributed by atoms with Crippen molar-refractivity contribution in [3.63, 3.8) is 0 Å². The van der Waals surface area contributed by atoms with Crippen LogP contribution in [0.4, 0.5) is 10.2 Å². The second-order valence-corrected chi connectivity index (χ2v) is 6.78. The second kappa shape index (κ2) is 7.98. The van der Waals surface area contributed by atoms with Crippen LogP contribution in [0, 0.1) is 5.82 Å². The van der Waals surface area contributed by atoms with E-state index in [2.05, 4.69) is 31.9 Å². The molecule has 0 amide bonds. The van der Waals surface area contributed by atoms with Crippen molar-refractivity contribution in [1.29, 1.82) is 0 Å². The fraction of sp³-hybridized carbons (Fsp3) is 0.333. The largest absolute Gasteiger partial charge is 0.375 e. The van der Waals surface area contributed by atoms with Crippen molar-refractivity contribution in [3.05, 3.63) is 66.2 Å². The summed E-state index contributed by atoms with van der Waals surface area (Å²) in [7, 11) is 1.76. The summed E-state index contributed by atoms with van der Waals surface area (Å²) in [5, 5.41) is 0.895. The van der Waals surface area contributed by atoms with E-state index < -0.39 is 0 Å². The molecule has 3 aromatic rings. The van der Waals surface area contributed by atoms with E-state index in [1.807, 2.05) is 18.2 Å². The van der Waals surface area contributed by atoms with Crippen LogP contribution < -0.4 is 4.90 Å². The third-order valence-electron chi connectivity index (χ3n) is 5.13. The summed E-state index contributed by atoms with van der Waals surface area (Å²) in [4.78, 5) is 13.3. The van der Waals surface area contributed by atoms with Crippen LogP contribution in [-0.4, -0.2) is 54.7 Å². The summed E-state index contributed by atoms with van der Waals surface area (Å²) < 4.78 is 19.2. The molecule has 1 aromatic heterocycles. The van der Waals surface area contributed by atoms with Gasteiger partial charge in [0, 0.05) is 51.3 Å². The van der Waals surface area contributed by atoms with Gasteiger partial charge in [0.15, 0.2) is 0 Å². The smallest absolute Gasteiger partial charge is 0.139 e. The summed E-state index contributed by atoms with van der Waals surface area (Å²) in [5.74, 6) is 0.606. The zero-order chi connectivity index (χ0) is 18.6. The number of benzene rings is 2. The summed E-state index contributed by atoms with van der Waals surface area (Å²) >= 11 is 0. The fourth-order valence-corrected chi connectivity index (χ4v) is 3.63. The van der Waals surface area contributed by atoms with Crippen LogP contribution in [0.15, 0.2) is 54.9 Å². The molecular formula is C21H23FN4O. The highest BCUT2D eigenvalue weighted by Crippen LogP contribution is 2.25. The molecule has 0 bridgehead atoms. The first-order chi connectivity index (χ1) is 13.2. The lowest BCUT2D eigenvalue weighted by Gasteiger charge is -2.37. The maximum atomic E-state index is 13.5. The van der Waals surface area contributed by atoms with Gasteiger partial charge in [-0.25, -0.2) is 14.4 Å². The highest BCUT2D eigenvalue weighted by molar-refractivity contribution is 5.89. The van der Waals surface area contributed by atoms with Gasteiger partial charge in [-0.2, -0.15) is 0 Å². The van der Waals surface area contributed by atoms with Crippen LogP contribution in [0.25, 0.3) is 10.9 Å². The van der Waals surface area contributed by atoms with Crippen LogP contribution in [0.5, 0.6) is 0 Å².